The first-order valence-corrected chi connectivity index (χ1v) is 10.8. The van der Waals surface area contributed by atoms with Gasteiger partial charge in [0.05, 0.1) is 38.8 Å². The molecule has 8 heteroatoms. The van der Waals surface area contributed by atoms with Gasteiger partial charge in [-0.25, -0.2) is 9.48 Å². The van der Waals surface area contributed by atoms with Crippen LogP contribution in [0.3, 0.4) is 0 Å². The second-order valence-electron chi connectivity index (χ2n) is 7.76. The third-order valence-corrected chi connectivity index (χ3v) is 5.73. The molecule has 0 atom stereocenters. The molecule has 1 amide bonds. The van der Waals surface area contributed by atoms with Gasteiger partial charge in [0.2, 0.25) is 0 Å². The molecule has 0 saturated heterocycles. The van der Waals surface area contributed by atoms with Crippen molar-refractivity contribution in [3.8, 4) is 17.2 Å². The summed E-state index contributed by atoms with van der Waals surface area (Å²) >= 11 is 0. The van der Waals surface area contributed by atoms with E-state index >= 15 is 0 Å². The van der Waals surface area contributed by atoms with Gasteiger partial charge in [0.25, 0.3) is 5.91 Å². The van der Waals surface area contributed by atoms with Gasteiger partial charge in [-0.3, -0.25) is 4.79 Å². The van der Waals surface area contributed by atoms with E-state index in [1.54, 1.807) is 34.7 Å². The largest absolute Gasteiger partial charge is 0.496 e. The molecule has 1 aliphatic heterocycles. The van der Waals surface area contributed by atoms with Crippen LogP contribution < -0.4 is 9.47 Å². The van der Waals surface area contributed by atoms with Crippen molar-refractivity contribution < 1.29 is 23.8 Å². The van der Waals surface area contributed by atoms with Crippen LogP contribution in [0.4, 0.5) is 0 Å². The number of rotatable bonds is 6. The predicted octanol–water partition coefficient (Wildman–Crippen LogP) is 3.57. The van der Waals surface area contributed by atoms with Crippen molar-refractivity contribution in [2.45, 2.75) is 26.8 Å². The van der Waals surface area contributed by atoms with Gasteiger partial charge in [-0.05, 0) is 38.1 Å². The van der Waals surface area contributed by atoms with Gasteiger partial charge in [0, 0.05) is 18.5 Å². The Morgan fingerprint density at radius 3 is 2.30 bits per heavy atom. The molecule has 33 heavy (non-hydrogen) atoms. The smallest absolute Gasteiger partial charge is 0.359 e. The maximum Gasteiger partial charge on any atom is 0.359 e. The van der Waals surface area contributed by atoms with Gasteiger partial charge < -0.3 is 19.1 Å². The number of carbonyl (C=O) groups excluding carboxylic acids is 2. The summed E-state index contributed by atoms with van der Waals surface area (Å²) in [6, 6.07) is 13.2. The zero-order chi connectivity index (χ0) is 23.5. The quantitative estimate of drug-likeness (QED) is 0.535. The molecule has 0 aliphatic carbocycles. The van der Waals surface area contributed by atoms with E-state index in [0.717, 1.165) is 16.9 Å². The predicted molar refractivity (Wildman–Crippen MR) is 122 cm³/mol. The number of hydrogen-bond donors (Lipinski definition) is 0. The second kappa shape index (κ2) is 9.36. The molecule has 4 rings (SSSR count). The van der Waals surface area contributed by atoms with Crippen LogP contribution in [0.1, 0.15) is 44.6 Å². The maximum absolute atomic E-state index is 13.5. The second-order valence-corrected chi connectivity index (χ2v) is 7.76. The SMILES string of the molecule is CCOC(=O)c1nn(-c2ccc(C)cc2)c2c1CN(C(=O)c1c(OC)cccc1OC)CC2. The van der Waals surface area contributed by atoms with Gasteiger partial charge in [-0.15, -0.1) is 0 Å². The van der Waals surface area contributed by atoms with Gasteiger partial charge in [-0.2, -0.15) is 5.10 Å². The lowest BCUT2D eigenvalue weighted by Gasteiger charge is -2.29. The highest BCUT2D eigenvalue weighted by Crippen LogP contribution is 2.32. The number of aryl methyl sites for hydroxylation is 1. The first-order valence-electron chi connectivity index (χ1n) is 10.8. The van der Waals surface area contributed by atoms with Crippen LogP contribution >= 0.6 is 0 Å². The van der Waals surface area contributed by atoms with Crippen molar-refractivity contribution in [3.63, 3.8) is 0 Å². The molecule has 8 nitrogen and oxygen atoms in total. The lowest BCUT2D eigenvalue weighted by molar-refractivity contribution is 0.0513. The number of ether oxygens (including phenoxy) is 3. The topological polar surface area (TPSA) is 82.9 Å². The van der Waals surface area contributed by atoms with E-state index in [-0.39, 0.29) is 24.8 Å². The van der Waals surface area contributed by atoms with E-state index in [1.165, 1.54) is 14.2 Å². The van der Waals surface area contributed by atoms with Crippen molar-refractivity contribution >= 4 is 11.9 Å². The Bertz CT molecular complexity index is 1160. The average Bonchev–Trinajstić information content (AvgIpc) is 3.22. The molecule has 0 fully saturated rings. The van der Waals surface area contributed by atoms with Crippen LogP contribution in [0, 0.1) is 6.92 Å². The minimum Gasteiger partial charge on any atom is -0.496 e. The third-order valence-electron chi connectivity index (χ3n) is 5.73. The van der Waals surface area contributed by atoms with Gasteiger partial charge in [0.15, 0.2) is 5.69 Å². The van der Waals surface area contributed by atoms with E-state index < -0.39 is 5.97 Å². The number of benzene rings is 2. The summed E-state index contributed by atoms with van der Waals surface area (Å²) in [6.45, 7) is 4.71. The Hall–Kier alpha value is -3.81. The molecule has 1 aromatic heterocycles. The van der Waals surface area contributed by atoms with Crippen molar-refractivity contribution in [2.24, 2.45) is 0 Å². The van der Waals surface area contributed by atoms with Gasteiger partial charge >= 0.3 is 5.97 Å². The van der Waals surface area contributed by atoms with Gasteiger partial charge in [-0.1, -0.05) is 23.8 Å². The average molecular weight is 450 g/mol. The maximum atomic E-state index is 13.5. The number of hydrogen-bond acceptors (Lipinski definition) is 6. The van der Waals surface area contributed by atoms with Crippen LogP contribution in [0.15, 0.2) is 42.5 Å². The summed E-state index contributed by atoms with van der Waals surface area (Å²) in [5, 5.41) is 4.60. The van der Waals surface area contributed by atoms with Crippen molar-refractivity contribution in [1.29, 1.82) is 0 Å². The van der Waals surface area contributed by atoms with Gasteiger partial charge in [0.1, 0.15) is 17.1 Å². The minimum absolute atomic E-state index is 0.229. The number of aromatic nitrogens is 2. The summed E-state index contributed by atoms with van der Waals surface area (Å²) in [7, 11) is 3.04. The van der Waals surface area contributed by atoms with E-state index in [1.807, 2.05) is 31.2 Å². The fraction of sp³-hybridized carbons (Fsp3) is 0.320. The summed E-state index contributed by atoms with van der Waals surface area (Å²) in [6.07, 6.45) is 0.540. The molecule has 0 N–H and O–H groups in total. The lowest BCUT2D eigenvalue weighted by atomic mass is 10.0. The molecule has 0 bridgehead atoms. The van der Waals surface area contributed by atoms with Crippen LogP contribution in [0.5, 0.6) is 11.5 Å². The fourth-order valence-electron chi connectivity index (χ4n) is 4.08. The fourth-order valence-corrected chi connectivity index (χ4v) is 4.08. The van der Waals surface area contributed by atoms with E-state index in [9.17, 15) is 9.59 Å². The Morgan fingerprint density at radius 1 is 1.03 bits per heavy atom. The molecule has 2 aromatic carbocycles. The molecule has 172 valence electrons. The summed E-state index contributed by atoms with van der Waals surface area (Å²) < 4.78 is 17.9. The molecule has 1 aliphatic rings. The Morgan fingerprint density at radius 2 is 1.70 bits per heavy atom. The highest BCUT2D eigenvalue weighted by molar-refractivity contribution is 6.00. The summed E-state index contributed by atoms with van der Waals surface area (Å²) in [5.41, 5.74) is 4.18. The summed E-state index contributed by atoms with van der Waals surface area (Å²) in [4.78, 5) is 27.9. The molecule has 0 saturated carbocycles. The zero-order valence-electron chi connectivity index (χ0n) is 19.3. The van der Waals surface area contributed by atoms with E-state index in [4.69, 9.17) is 14.2 Å². The monoisotopic (exact) mass is 449 g/mol. The van der Waals surface area contributed by atoms with Crippen molar-refractivity contribution in [3.05, 3.63) is 70.5 Å². The highest BCUT2D eigenvalue weighted by atomic mass is 16.5. The standard InChI is InChI=1S/C25H27N3O5/c1-5-33-25(30)23-18-15-27(24(29)22-20(31-3)7-6-8-21(22)32-4)14-13-19(18)28(26-23)17-11-9-16(2)10-12-17/h6-12H,5,13-15H2,1-4H3. The Balaban J connectivity index is 1.75. The van der Waals surface area contributed by atoms with Crippen molar-refractivity contribution in [2.75, 3.05) is 27.4 Å². The molecule has 0 radical (unpaired) electrons. The first-order chi connectivity index (χ1) is 16.0. The minimum atomic E-state index is -0.496. The molecular weight excluding hydrogens is 422 g/mol. The molecule has 2 heterocycles. The molecule has 3 aromatic rings. The number of methoxy groups -OCH3 is 2. The molecular formula is C25H27N3O5. The van der Waals surface area contributed by atoms with E-state index in [2.05, 4.69) is 5.10 Å². The number of carbonyl (C=O) groups is 2. The number of fused-ring (bicyclic) bond motifs is 1. The normalized spacial score (nSPS) is 12.8. The van der Waals surface area contributed by atoms with Crippen LogP contribution in [-0.4, -0.2) is 53.9 Å². The Labute approximate surface area is 192 Å². The van der Waals surface area contributed by atoms with Crippen LogP contribution in [0.2, 0.25) is 0 Å². The lowest BCUT2D eigenvalue weighted by Crippen LogP contribution is -2.37. The molecule has 0 spiro atoms. The highest BCUT2D eigenvalue weighted by Gasteiger charge is 2.33. The Kier molecular flexibility index (Phi) is 6.35. The number of amides is 1. The molecule has 0 unspecified atom stereocenters. The third kappa shape index (κ3) is 4.16. The zero-order valence-corrected chi connectivity index (χ0v) is 19.3. The van der Waals surface area contributed by atoms with E-state index in [0.29, 0.717) is 35.6 Å². The summed E-state index contributed by atoms with van der Waals surface area (Å²) in [5.74, 6) is 0.147. The number of esters is 1. The van der Waals surface area contributed by atoms with Crippen LogP contribution in [0.25, 0.3) is 5.69 Å². The first kappa shape index (κ1) is 22.4. The number of nitrogens with zero attached hydrogens (tertiary/aromatic N) is 3. The van der Waals surface area contributed by atoms with Crippen LogP contribution in [-0.2, 0) is 17.7 Å². The van der Waals surface area contributed by atoms with Crippen molar-refractivity contribution in [1.82, 2.24) is 14.7 Å².